The van der Waals surface area contributed by atoms with E-state index in [-0.39, 0.29) is 35.8 Å². The van der Waals surface area contributed by atoms with E-state index in [2.05, 4.69) is 26.1 Å². The second-order valence-corrected chi connectivity index (χ2v) is 15.6. The summed E-state index contributed by atoms with van der Waals surface area (Å²) in [5.41, 5.74) is 19.5. The number of amides is 1. The average Bonchev–Trinajstić information content (AvgIpc) is 3.65. The van der Waals surface area contributed by atoms with Gasteiger partial charge in [0.25, 0.3) is 11.8 Å². The van der Waals surface area contributed by atoms with Crippen LogP contribution in [0.3, 0.4) is 0 Å². The summed E-state index contributed by atoms with van der Waals surface area (Å²) in [6.07, 6.45) is 1.93. The second-order valence-electron chi connectivity index (χ2n) is 15.6. The maximum Gasteiger partial charge on any atom is 0.410 e. The third-order valence-corrected chi connectivity index (χ3v) is 10.6. The molecule has 0 saturated heterocycles. The molecule has 4 aromatic rings. The molecule has 7 N–H and O–H groups in total. The highest BCUT2D eigenvalue weighted by Crippen LogP contribution is 2.38. The Bertz CT molecular complexity index is 2190. The minimum Gasteiger partial charge on any atom is -0.444 e. The number of halogens is 2. The summed E-state index contributed by atoms with van der Waals surface area (Å²) < 4.78 is 35.9. The third-order valence-electron chi connectivity index (χ3n) is 10.6. The predicted octanol–water partition coefficient (Wildman–Crippen LogP) is 5.24. The topological polar surface area (TPSA) is 187 Å². The van der Waals surface area contributed by atoms with Crippen LogP contribution >= 0.6 is 0 Å². The Labute approximate surface area is 317 Å². The van der Waals surface area contributed by atoms with Crippen LogP contribution in [0.5, 0.6) is 0 Å². The van der Waals surface area contributed by atoms with Crippen molar-refractivity contribution in [1.29, 1.82) is 0 Å². The van der Waals surface area contributed by atoms with Gasteiger partial charge in [0.1, 0.15) is 28.9 Å². The number of nitrogens with two attached hydrogens (primary N) is 2. The van der Waals surface area contributed by atoms with Crippen molar-refractivity contribution >= 4 is 40.9 Å². The van der Waals surface area contributed by atoms with Crippen molar-refractivity contribution in [2.75, 3.05) is 48.3 Å². The molecule has 0 saturated carbocycles. The zero-order valence-corrected chi connectivity index (χ0v) is 31.8. The van der Waals surface area contributed by atoms with E-state index >= 15 is 0 Å². The summed E-state index contributed by atoms with van der Waals surface area (Å²) in [7, 11) is 0. The molecule has 0 aliphatic carbocycles. The Morgan fingerprint density at radius 3 is 1.80 bits per heavy atom. The molecule has 2 aromatic heterocycles. The molecule has 2 atom stereocenters. The Balaban J connectivity index is 0.000000174. The summed E-state index contributed by atoms with van der Waals surface area (Å²) >= 11 is 0. The van der Waals surface area contributed by atoms with Gasteiger partial charge in [-0.05, 0) is 94.0 Å². The van der Waals surface area contributed by atoms with Crippen LogP contribution in [0, 0.1) is 25.5 Å². The van der Waals surface area contributed by atoms with Crippen LogP contribution in [0.1, 0.15) is 99.8 Å². The number of nitrogen functional groups attached to an aromatic ring is 2. The number of fused-ring (bicyclic) bond motifs is 4. The lowest BCUT2D eigenvalue weighted by atomic mass is 9.88. The zero-order valence-electron chi connectivity index (χ0n) is 31.8. The normalized spacial score (nSPS) is 18.6. The van der Waals surface area contributed by atoms with Crippen LogP contribution in [-0.2, 0) is 30.7 Å². The largest absolute Gasteiger partial charge is 0.444 e. The monoisotopic (exact) mass is 758 g/mol. The van der Waals surface area contributed by atoms with E-state index in [1.165, 1.54) is 33.6 Å². The van der Waals surface area contributed by atoms with E-state index < -0.39 is 23.5 Å². The standard InChI is InChI=1S/C22H28FN5O3.C17H20FN5O/c1-12-9-13(23)10-15-14(5-7-25-18(12)15)20(29)28-19(24)16-11-27(8-6-17(16)26-28)21(30)31-22(2,3)4;1-9-6-10(18)7-12-11(2-5-21-15(9)12)17(24)23-16(19)13-8-20-4-3-14(13)22-23/h9-10,14,25H,5-8,11,24H2,1-4H3;6-7,11,20-21H,2-5,8,19H2,1H3/t14-;11-/m11/s1. The molecule has 1 amide bonds. The van der Waals surface area contributed by atoms with Crippen LogP contribution in [0.2, 0.25) is 0 Å². The van der Waals surface area contributed by atoms with Gasteiger partial charge in [-0.1, -0.05) is 0 Å². The number of hydrogen-bond acceptors (Lipinski definition) is 11. The maximum atomic E-state index is 14.1. The predicted molar refractivity (Wildman–Crippen MR) is 204 cm³/mol. The number of carbonyl (C=O) groups is 3. The van der Waals surface area contributed by atoms with Gasteiger partial charge in [0.05, 0.1) is 29.8 Å². The average molecular weight is 759 g/mol. The van der Waals surface area contributed by atoms with Crippen LogP contribution in [-0.4, -0.2) is 74.1 Å². The van der Waals surface area contributed by atoms with Crippen molar-refractivity contribution in [3.63, 3.8) is 0 Å². The van der Waals surface area contributed by atoms with E-state index in [0.29, 0.717) is 73.6 Å². The highest BCUT2D eigenvalue weighted by molar-refractivity contribution is 5.91. The lowest BCUT2D eigenvalue weighted by molar-refractivity contribution is 0.0223. The SMILES string of the molecule is Cc1cc(F)cc2c1NCC[C@H]2C(=O)n1nc2c(c1N)CN(C(=O)OC(C)(C)C)CC2.Cc1cc(F)cc2c1NCC[C@H]2C(=O)n1nc2c(c1N)CNCC2. The minimum atomic E-state index is -0.598. The van der Waals surface area contributed by atoms with E-state index in [1.807, 2.05) is 34.6 Å². The van der Waals surface area contributed by atoms with Gasteiger partial charge in [-0.3, -0.25) is 9.59 Å². The molecule has 292 valence electrons. The molecular weight excluding hydrogens is 710 g/mol. The molecule has 0 radical (unpaired) electrons. The molecule has 4 aliphatic rings. The van der Waals surface area contributed by atoms with Gasteiger partial charge in [0.2, 0.25) is 0 Å². The number of ether oxygens (including phenoxy) is 1. The fourth-order valence-corrected chi connectivity index (χ4v) is 7.91. The molecule has 4 aliphatic heterocycles. The van der Waals surface area contributed by atoms with Gasteiger partial charge in [-0.25, -0.2) is 13.6 Å². The molecule has 6 heterocycles. The fourth-order valence-electron chi connectivity index (χ4n) is 7.91. The smallest absolute Gasteiger partial charge is 0.410 e. The van der Waals surface area contributed by atoms with Crippen molar-refractivity contribution in [2.45, 2.75) is 90.8 Å². The van der Waals surface area contributed by atoms with Crippen molar-refractivity contribution < 1.29 is 27.9 Å². The first-order chi connectivity index (χ1) is 26.1. The minimum absolute atomic E-state index is 0.186. The number of nitrogens with one attached hydrogen (secondary N) is 3. The Kier molecular flexibility index (Phi) is 10.0. The summed E-state index contributed by atoms with van der Waals surface area (Å²) in [5.74, 6) is -1.54. The van der Waals surface area contributed by atoms with Crippen LogP contribution in [0.4, 0.5) is 36.6 Å². The molecule has 0 bridgehead atoms. The van der Waals surface area contributed by atoms with Crippen molar-refractivity contribution in [3.8, 4) is 0 Å². The fraction of sp³-hybridized carbons (Fsp3) is 0.462. The molecule has 14 nitrogen and oxygen atoms in total. The van der Waals surface area contributed by atoms with Gasteiger partial charge in [0, 0.05) is 68.1 Å². The van der Waals surface area contributed by atoms with Crippen LogP contribution in [0.25, 0.3) is 0 Å². The Morgan fingerprint density at radius 2 is 1.29 bits per heavy atom. The third kappa shape index (κ3) is 7.34. The lowest BCUT2D eigenvalue weighted by Gasteiger charge is -2.29. The van der Waals surface area contributed by atoms with Crippen molar-refractivity contribution in [2.24, 2.45) is 0 Å². The first-order valence-corrected chi connectivity index (χ1v) is 18.7. The second kappa shape index (κ2) is 14.6. The first-order valence-electron chi connectivity index (χ1n) is 18.7. The number of nitrogens with zero attached hydrogens (tertiary/aromatic N) is 5. The van der Waals surface area contributed by atoms with Gasteiger partial charge < -0.3 is 37.1 Å². The lowest BCUT2D eigenvalue weighted by Crippen LogP contribution is -2.39. The summed E-state index contributed by atoms with van der Waals surface area (Å²) in [6.45, 7) is 12.5. The van der Waals surface area contributed by atoms with Gasteiger partial charge >= 0.3 is 6.09 Å². The number of benzene rings is 2. The number of hydrogen-bond donors (Lipinski definition) is 5. The molecule has 2 aromatic carbocycles. The van der Waals surface area contributed by atoms with Crippen LogP contribution in [0.15, 0.2) is 24.3 Å². The molecule has 0 unspecified atom stereocenters. The van der Waals surface area contributed by atoms with Crippen molar-refractivity contribution in [3.05, 3.63) is 80.7 Å². The Morgan fingerprint density at radius 1 is 0.782 bits per heavy atom. The maximum absolute atomic E-state index is 14.1. The molecule has 55 heavy (non-hydrogen) atoms. The summed E-state index contributed by atoms with van der Waals surface area (Å²) in [5, 5.41) is 18.7. The van der Waals surface area contributed by atoms with Crippen molar-refractivity contribution in [1.82, 2.24) is 29.8 Å². The zero-order chi connectivity index (χ0) is 39.3. The number of rotatable bonds is 2. The number of aryl methyl sites for hydroxylation is 2. The molecule has 0 fully saturated rings. The molecule has 0 spiro atoms. The quantitative estimate of drug-likeness (QED) is 0.180. The highest BCUT2D eigenvalue weighted by atomic mass is 19.1. The summed E-state index contributed by atoms with van der Waals surface area (Å²) in [4.78, 5) is 40.5. The van der Waals surface area contributed by atoms with Crippen LogP contribution < -0.4 is 27.4 Å². The molecular formula is C39H48F2N10O4. The summed E-state index contributed by atoms with van der Waals surface area (Å²) in [6, 6.07) is 5.77. The van der Waals surface area contributed by atoms with E-state index in [9.17, 15) is 23.2 Å². The molecule has 16 heteroatoms. The number of aromatic nitrogens is 4. The van der Waals surface area contributed by atoms with E-state index in [1.54, 1.807) is 4.90 Å². The highest BCUT2D eigenvalue weighted by Gasteiger charge is 2.35. The Hall–Kier alpha value is -5.51. The first kappa shape index (κ1) is 37.8. The van der Waals surface area contributed by atoms with Gasteiger partial charge in [-0.15, -0.1) is 0 Å². The number of carbonyl (C=O) groups excluding carboxylic acids is 3. The van der Waals surface area contributed by atoms with E-state index in [0.717, 1.165) is 46.7 Å². The molecule has 8 rings (SSSR count). The van der Waals surface area contributed by atoms with E-state index in [4.69, 9.17) is 16.2 Å². The van der Waals surface area contributed by atoms with Gasteiger partial charge in [0.15, 0.2) is 0 Å². The number of anilines is 4. The van der Waals surface area contributed by atoms with Gasteiger partial charge in [-0.2, -0.15) is 19.6 Å².